The van der Waals surface area contributed by atoms with Crippen LogP contribution < -0.4 is 14.2 Å². The van der Waals surface area contributed by atoms with E-state index >= 15 is 0 Å². The second-order valence-corrected chi connectivity index (χ2v) is 5.52. The molecule has 0 spiro atoms. The minimum Gasteiger partial charge on any atom is -0.497 e. The first-order valence-corrected chi connectivity index (χ1v) is 7.66. The Morgan fingerprint density at radius 1 is 1.00 bits per heavy atom. The molecule has 0 aliphatic carbocycles. The minimum absolute atomic E-state index is 0.138. The Morgan fingerprint density at radius 2 is 1.70 bits per heavy atom. The molecule has 2 aromatic carbocycles. The lowest BCUT2D eigenvalue weighted by Gasteiger charge is -2.10. The van der Waals surface area contributed by atoms with E-state index in [1.807, 2.05) is 24.3 Å². The average Bonchev–Trinajstić information content (AvgIpc) is 2.59. The van der Waals surface area contributed by atoms with Gasteiger partial charge >= 0.3 is 0 Å². The van der Waals surface area contributed by atoms with Gasteiger partial charge in [0.15, 0.2) is 17.3 Å². The van der Waals surface area contributed by atoms with E-state index in [9.17, 15) is 4.79 Å². The lowest BCUT2D eigenvalue weighted by molar-refractivity contribution is 0.104. The third kappa shape index (κ3) is 4.13. The van der Waals surface area contributed by atoms with Crippen LogP contribution in [0.2, 0.25) is 0 Å². The van der Waals surface area contributed by atoms with E-state index in [0.717, 1.165) is 11.3 Å². The molecule has 23 heavy (non-hydrogen) atoms. The van der Waals surface area contributed by atoms with Gasteiger partial charge in [0.2, 0.25) is 0 Å². The van der Waals surface area contributed by atoms with Gasteiger partial charge in [-0.15, -0.1) is 0 Å². The van der Waals surface area contributed by atoms with Crippen molar-refractivity contribution in [3.8, 4) is 17.2 Å². The van der Waals surface area contributed by atoms with Crippen LogP contribution in [-0.2, 0) is 0 Å². The summed E-state index contributed by atoms with van der Waals surface area (Å²) in [7, 11) is 4.69. The standard InChI is InChI=1S/C18H17BrO4/c1-21-13-6-4-5-12(9-13)7-8-16(20)14-10-17(22-2)18(23-3)11-15(14)19/h4-11H,1-3H3. The lowest BCUT2D eigenvalue weighted by atomic mass is 10.1. The molecule has 0 N–H and O–H groups in total. The number of carbonyl (C=O) groups excluding carboxylic acids is 1. The first-order valence-electron chi connectivity index (χ1n) is 6.87. The first kappa shape index (κ1) is 17.1. The molecule has 0 fully saturated rings. The number of allylic oxidation sites excluding steroid dienone is 1. The largest absolute Gasteiger partial charge is 0.497 e. The number of halogens is 1. The molecule has 0 saturated heterocycles. The van der Waals surface area contributed by atoms with E-state index in [0.29, 0.717) is 21.5 Å². The number of ketones is 1. The summed E-state index contributed by atoms with van der Waals surface area (Å²) in [4.78, 5) is 12.4. The normalized spacial score (nSPS) is 10.6. The third-order valence-corrected chi connectivity index (χ3v) is 3.92. The summed E-state index contributed by atoms with van der Waals surface area (Å²) in [6, 6.07) is 10.8. The Morgan fingerprint density at radius 3 is 2.35 bits per heavy atom. The Balaban J connectivity index is 2.28. The summed E-state index contributed by atoms with van der Waals surface area (Å²) in [5.74, 6) is 1.68. The van der Waals surface area contributed by atoms with Crippen molar-refractivity contribution in [3.63, 3.8) is 0 Å². The predicted octanol–water partition coefficient (Wildman–Crippen LogP) is 4.37. The lowest BCUT2D eigenvalue weighted by Crippen LogP contribution is -1.99. The molecule has 0 unspecified atom stereocenters. The molecule has 5 heteroatoms. The van der Waals surface area contributed by atoms with E-state index in [4.69, 9.17) is 14.2 Å². The summed E-state index contributed by atoms with van der Waals surface area (Å²) in [6.45, 7) is 0. The number of methoxy groups -OCH3 is 3. The Labute approximate surface area is 143 Å². The molecular weight excluding hydrogens is 360 g/mol. The first-order chi connectivity index (χ1) is 11.1. The molecule has 0 heterocycles. The summed E-state index contributed by atoms with van der Waals surface area (Å²) in [5, 5.41) is 0. The molecule has 0 saturated carbocycles. The quantitative estimate of drug-likeness (QED) is 0.554. The monoisotopic (exact) mass is 376 g/mol. The molecule has 0 amide bonds. The van der Waals surface area contributed by atoms with Crippen molar-refractivity contribution < 1.29 is 19.0 Å². The maximum atomic E-state index is 12.4. The topological polar surface area (TPSA) is 44.8 Å². The van der Waals surface area contributed by atoms with Gasteiger partial charge < -0.3 is 14.2 Å². The van der Waals surface area contributed by atoms with Gasteiger partial charge in [0, 0.05) is 10.0 Å². The second kappa shape index (κ2) is 7.83. The van der Waals surface area contributed by atoms with E-state index in [1.165, 1.54) is 13.2 Å². The van der Waals surface area contributed by atoms with E-state index in [-0.39, 0.29) is 5.78 Å². The minimum atomic E-state index is -0.138. The number of rotatable bonds is 6. The third-order valence-electron chi connectivity index (χ3n) is 3.26. The molecule has 0 aliphatic rings. The molecule has 2 rings (SSSR count). The van der Waals surface area contributed by atoms with Crippen molar-refractivity contribution in [3.05, 3.63) is 58.1 Å². The molecule has 4 nitrogen and oxygen atoms in total. The van der Waals surface area contributed by atoms with Crippen molar-refractivity contribution in [2.24, 2.45) is 0 Å². The molecule has 2 aromatic rings. The van der Waals surface area contributed by atoms with Crippen LogP contribution in [0.3, 0.4) is 0 Å². The fraction of sp³-hybridized carbons (Fsp3) is 0.167. The van der Waals surface area contributed by atoms with E-state index < -0.39 is 0 Å². The maximum Gasteiger partial charge on any atom is 0.187 e. The number of hydrogen-bond donors (Lipinski definition) is 0. The fourth-order valence-corrected chi connectivity index (χ4v) is 2.57. The van der Waals surface area contributed by atoms with Crippen molar-refractivity contribution in [1.82, 2.24) is 0 Å². The molecule has 0 aromatic heterocycles. The Bertz CT molecular complexity index is 738. The van der Waals surface area contributed by atoms with Gasteiger partial charge in [-0.3, -0.25) is 4.79 Å². The highest BCUT2D eigenvalue weighted by Gasteiger charge is 2.13. The molecule has 0 bridgehead atoms. The Kier molecular flexibility index (Phi) is 5.82. The van der Waals surface area contributed by atoms with E-state index in [2.05, 4.69) is 15.9 Å². The number of benzene rings is 2. The van der Waals surface area contributed by atoms with Gasteiger partial charge in [-0.2, -0.15) is 0 Å². The van der Waals surface area contributed by atoms with Crippen LogP contribution in [0.5, 0.6) is 17.2 Å². The number of hydrogen-bond acceptors (Lipinski definition) is 4. The molecule has 0 radical (unpaired) electrons. The Hall–Kier alpha value is -2.27. The van der Waals surface area contributed by atoms with Gasteiger partial charge in [0.1, 0.15) is 5.75 Å². The summed E-state index contributed by atoms with van der Waals surface area (Å²) < 4.78 is 16.3. The van der Waals surface area contributed by atoms with Crippen LogP contribution in [-0.4, -0.2) is 27.1 Å². The summed E-state index contributed by atoms with van der Waals surface area (Å²) >= 11 is 3.39. The van der Waals surface area contributed by atoms with Crippen LogP contribution in [0.4, 0.5) is 0 Å². The zero-order valence-electron chi connectivity index (χ0n) is 13.1. The van der Waals surface area contributed by atoms with Crippen molar-refractivity contribution >= 4 is 27.8 Å². The smallest absolute Gasteiger partial charge is 0.187 e. The van der Waals surface area contributed by atoms with Gasteiger partial charge in [-0.1, -0.05) is 18.2 Å². The van der Waals surface area contributed by atoms with Crippen LogP contribution in [0.25, 0.3) is 6.08 Å². The zero-order chi connectivity index (χ0) is 16.8. The SMILES string of the molecule is COc1cccc(C=CC(=O)c2cc(OC)c(OC)cc2Br)c1. The molecular formula is C18H17BrO4. The van der Waals surface area contributed by atoms with Crippen molar-refractivity contribution in [1.29, 1.82) is 0 Å². The van der Waals surface area contributed by atoms with Crippen molar-refractivity contribution in [2.75, 3.05) is 21.3 Å². The highest BCUT2D eigenvalue weighted by atomic mass is 79.9. The van der Waals surface area contributed by atoms with Crippen LogP contribution in [0.1, 0.15) is 15.9 Å². The highest BCUT2D eigenvalue weighted by Crippen LogP contribution is 2.33. The second-order valence-electron chi connectivity index (χ2n) is 4.66. The van der Waals surface area contributed by atoms with Gasteiger partial charge in [-0.05, 0) is 51.8 Å². The molecule has 0 aliphatic heterocycles. The number of carbonyl (C=O) groups is 1. The molecule has 120 valence electrons. The highest BCUT2D eigenvalue weighted by molar-refractivity contribution is 9.10. The van der Waals surface area contributed by atoms with E-state index in [1.54, 1.807) is 32.4 Å². The number of ether oxygens (including phenoxy) is 3. The summed E-state index contributed by atoms with van der Waals surface area (Å²) in [5.41, 5.74) is 1.39. The van der Waals surface area contributed by atoms with Gasteiger partial charge in [0.05, 0.1) is 21.3 Å². The summed E-state index contributed by atoms with van der Waals surface area (Å²) in [6.07, 6.45) is 3.26. The molecule has 0 atom stereocenters. The van der Waals surface area contributed by atoms with Crippen LogP contribution in [0.15, 0.2) is 46.9 Å². The zero-order valence-corrected chi connectivity index (χ0v) is 14.7. The van der Waals surface area contributed by atoms with Crippen LogP contribution in [0, 0.1) is 0 Å². The van der Waals surface area contributed by atoms with Gasteiger partial charge in [0.25, 0.3) is 0 Å². The van der Waals surface area contributed by atoms with Crippen molar-refractivity contribution in [2.45, 2.75) is 0 Å². The predicted molar refractivity (Wildman–Crippen MR) is 93.6 cm³/mol. The average molecular weight is 377 g/mol. The maximum absolute atomic E-state index is 12.4. The van der Waals surface area contributed by atoms with Gasteiger partial charge in [-0.25, -0.2) is 0 Å². The van der Waals surface area contributed by atoms with Crippen LogP contribution >= 0.6 is 15.9 Å². The fourth-order valence-electron chi connectivity index (χ4n) is 2.05.